The average Bonchev–Trinajstić information content (AvgIpc) is 2.66. The molecule has 6 heteroatoms. The van der Waals surface area contributed by atoms with Crippen LogP contribution in [-0.2, 0) is 4.79 Å². The topological polar surface area (TPSA) is 50.8 Å². The molecule has 0 saturated carbocycles. The molecule has 3 rings (SSSR count). The summed E-state index contributed by atoms with van der Waals surface area (Å²) in [6.45, 7) is 2.00. The van der Waals surface area contributed by atoms with Crippen LogP contribution in [0.2, 0.25) is 5.02 Å². The van der Waals surface area contributed by atoms with Gasteiger partial charge >= 0.3 is 0 Å². The Kier molecular flexibility index (Phi) is 5.79. The lowest BCUT2D eigenvalue weighted by molar-refractivity contribution is -0.136. The van der Waals surface area contributed by atoms with Crippen LogP contribution in [0.25, 0.3) is 0 Å². The van der Waals surface area contributed by atoms with Crippen LogP contribution < -0.4 is 14.8 Å². The number of piperazine rings is 1. The summed E-state index contributed by atoms with van der Waals surface area (Å²) >= 11 is 6.33. The maximum Gasteiger partial charge on any atom is 0.261 e. The molecule has 1 aliphatic rings. The van der Waals surface area contributed by atoms with E-state index in [1.54, 1.807) is 19.2 Å². The standard InChI is InChI=1S/C19H21ClN2O3/c1-24-17-8-4-5-9-18(17)25-13-19(23)22-11-10-21-12-16(22)14-6-2-3-7-15(14)20/h2-9,16,21H,10-13H2,1H3. The van der Waals surface area contributed by atoms with Gasteiger partial charge in [0.1, 0.15) is 0 Å². The van der Waals surface area contributed by atoms with E-state index >= 15 is 0 Å². The molecular weight excluding hydrogens is 340 g/mol. The van der Waals surface area contributed by atoms with E-state index in [-0.39, 0.29) is 18.6 Å². The molecule has 132 valence electrons. The first kappa shape index (κ1) is 17.6. The van der Waals surface area contributed by atoms with E-state index in [1.807, 2.05) is 41.3 Å². The summed E-state index contributed by atoms with van der Waals surface area (Å²) < 4.78 is 10.9. The van der Waals surface area contributed by atoms with E-state index < -0.39 is 0 Å². The predicted octanol–water partition coefficient (Wildman–Crippen LogP) is 2.90. The lowest BCUT2D eigenvalue weighted by Crippen LogP contribution is -2.50. The van der Waals surface area contributed by atoms with E-state index in [0.29, 0.717) is 29.6 Å². The Morgan fingerprint density at radius 3 is 2.68 bits per heavy atom. The summed E-state index contributed by atoms with van der Waals surface area (Å²) in [6.07, 6.45) is 0. The van der Waals surface area contributed by atoms with Crippen LogP contribution in [0, 0.1) is 0 Å². The molecule has 2 aromatic rings. The molecule has 1 heterocycles. The first-order valence-electron chi connectivity index (χ1n) is 8.21. The molecule has 0 aromatic heterocycles. The number of benzene rings is 2. The van der Waals surface area contributed by atoms with Gasteiger partial charge in [-0.25, -0.2) is 0 Å². The Hall–Kier alpha value is -2.24. The van der Waals surface area contributed by atoms with Gasteiger partial charge in [0.15, 0.2) is 18.1 Å². The Balaban J connectivity index is 1.72. The normalized spacial score (nSPS) is 17.2. The largest absolute Gasteiger partial charge is 0.493 e. The van der Waals surface area contributed by atoms with Crippen molar-refractivity contribution in [2.24, 2.45) is 0 Å². The number of ether oxygens (including phenoxy) is 2. The van der Waals surface area contributed by atoms with Crippen LogP contribution in [0.1, 0.15) is 11.6 Å². The summed E-state index contributed by atoms with van der Waals surface area (Å²) in [5.41, 5.74) is 0.946. The maximum absolute atomic E-state index is 12.8. The van der Waals surface area contributed by atoms with Crippen LogP contribution >= 0.6 is 11.6 Å². The summed E-state index contributed by atoms with van der Waals surface area (Å²) in [5, 5.41) is 3.99. The van der Waals surface area contributed by atoms with Gasteiger partial charge in [-0.2, -0.15) is 0 Å². The molecule has 1 atom stereocenters. The van der Waals surface area contributed by atoms with Crippen LogP contribution in [-0.4, -0.2) is 44.2 Å². The Bertz CT molecular complexity index is 738. The van der Waals surface area contributed by atoms with Gasteiger partial charge in [0.2, 0.25) is 0 Å². The Labute approximate surface area is 152 Å². The number of para-hydroxylation sites is 2. The summed E-state index contributed by atoms with van der Waals surface area (Å²) in [6, 6.07) is 14.8. The van der Waals surface area contributed by atoms with Crippen molar-refractivity contribution >= 4 is 17.5 Å². The second-order valence-electron chi connectivity index (χ2n) is 5.77. The molecule has 1 N–H and O–H groups in total. The zero-order valence-electron chi connectivity index (χ0n) is 14.1. The molecule has 0 bridgehead atoms. The SMILES string of the molecule is COc1ccccc1OCC(=O)N1CCNCC1c1ccccc1Cl. The summed E-state index contributed by atoms with van der Waals surface area (Å²) in [4.78, 5) is 14.6. The van der Waals surface area contributed by atoms with Crippen LogP contribution in [0.3, 0.4) is 0 Å². The molecule has 25 heavy (non-hydrogen) atoms. The van der Waals surface area contributed by atoms with Crippen LogP contribution in [0.4, 0.5) is 0 Å². The van der Waals surface area contributed by atoms with Gasteiger partial charge in [-0.05, 0) is 23.8 Å². The van der Waals surface area contributed by atoms with Gasteiger partial charge in [-0.15, -0.1) is 0 Å². The highest BCUT2D eigenvalue weighted by atomic mass is 35.5. The van der Waals surface area contributed by atoms with Gasteiger partial charge in [0, 0.05) is 24.7 Å². The van der Waals surface area contributed by atoms with E-state index in [0.717, 1.165) is 12.1 Å². The molecule has 1 fully saturated rings. The van der Waals surface area contributed by atoms with Crippen molar-refractivity contribution in [2.75, 3.05) is 33.4 Å². The van der Waals surface area contributed by atoms with Gasteiger partial charge in [-0.1, -0.05) is 41.9 Å². The van der Waals surface area contributed by atoms with E-state index in [9.17, 15) is 4.79 Å². The molecule has 1 unspecified atom stereocenters. The zero-order chi connectivity index (χ0) is 17.6. The molecule has 0 spiro atoms. The van der Waals surface area contributed by atoms with Crippen LogP contribution in [0.5, 0.6) is 11.5 Å². The molecular formula is C19H21ClN2O3. The first-order chi connectivity index (χ1) is 12.2. The highest BCUT2D eigenvalue weighted by Gasteiger charge is 2.29. The van der Waals surface area contributed by atoms with Gasteiger partial charge in [-0.3, -0.25) is 4.79 Å². The van der Waals surface area contributed by atoms with Crippen molar-refractivity contribution in [3.05, 3.63) is 59.1 Å². The van der Waals surface area contributed by atoms with Gasteiger partial charge in [0.05, 0.1) is 13.2 Å². The molecule has 1 saturated heterocycles. The second-order valence-corrected chi connectivity index (χ2v) is 6.18. The van der Waals surface area contributed by atoms with Gasteiger partial charge in [0.25, 0.3) is 5.91 Å². The predicted molar refractivity (Wildman–Crippen MR) is 97.3 cm³/mol. The van der Waals surface area contributed by atoms with Crippen molar-refractivity contribution in [2.45, 2.75) is 6.04 Å². The quantitative estimate of drug-likeness (QED) is 0.890. The minimum Gasteiger partial charge on any atom is -0.493 e. The van der Waals surface area contributed by atoms with Crippen molar-refractivity contribution in [1.82, 2.24) is 10.2 Å². The number of carbonyl (C=O) groups is 1. The third kappa shape index (κ3) is 4.06. The average molecular weight is 361 g/mol. The lowest BCUT2D eigenvalue weighted by Gasteiger charge is -2.36. The summed E-state index contributed by atoms with van der Waals surface area (Å²) in [5.74, 6) is 1.10. The molecule has 0 radical (unpaired) electrons. The maximum atomic E-state index is 12.8. The molecule has 1 amide bonds. The minimum atomic E-state index is -0.101. The lowest BCUT2D eigenvalue weighted by atomic mass is 10.0. The number of carbonyl (C=O) groups excluding carboxylic acids is 1. The number of methoxy groups -OCH3 is 1. The second kappa shape index (κ2) is 8.23. The van der Waals surface area contributed by atoms with E-state index in [4.69, 9.17) is 21.1 Å². The number of rotatable bonds is 5. The van der Waals surface area contributed by atoms with Crippen molar-refractivity contribution in [3.8, 4) is 11.5 Å². The van der Waals surface area contributed by atoms with Crippen LogP contribution in [0.15, 0.2) is 48.5 Å². The first-order valence-corrected chi connectivity index (χ1v) is 8.59. The molecule has 2 aromatic carbocycles. The van der Waals surface area contributed by atoms with E-state index in [1.165, 1.54) is 0 Å². The van der Waals surface area contributed by atoms with E-state index in [2.05, 4.69) is 5.32 Å². The number of amides is 1. The highest BCUT2D eigenvalue weighted by Crippen LogP contribution is 2.29. The monoisotopic (exact) mass is 360 g/mol. The smallest absolute Gasteiger partial charge is 0.261 e. The van der Waals surface area contributed by atoms with Crippen molar-refractivity contribution < 1.29 is 14.3 Å². The van der Waals surface area contributed by atoms with Crippen molar-refractivity contribution in [3.63, 3.8) is 0 Å². The zero-order valence-corrected chi connectivity index (χ0v) is 14.8. The number of halogens is 1. The van der Waals surface area contributed by atoms with Crippen molar-refractivity contribution in [1.29, 1.82) is 0 Å². The fourth-order valence-electron chi connectivity index (χ4n) is 2.99. The minimum absolute atomic E-state index is 0.0404. The fourth-order valence-corrected chi connectivity index (χ4v) is 3.25. The molecule has 1 aliphatic heterocycles. The number of nitrogens with zero attached hydrogens (tertiary/aromatic N) is 1. The summed E-state index contributed by atoms with van der Waals surface area (Å²) in [7, 11) is 1.58. The third-order valence-electron chi connectivity index (χ3n) is 4.25. The number of nitrogens with one attached hydrogen (secondary N) is 1. The molecule has 5 nitrogen and oxygen atoms in total. The van der Waals surface area contributed by atoms with Gasteiger partial charge < -0.3 is 19.7 Å². The highest BCUT2D eigenvalue weighted by molar-refractivity contribution is 6.31. The Morgan fingerprint density at radius 2 is 1.92 bits per heavy atom. The third-order valence-corrected chi connectivity index (χ3v) is 4.59. The number of hydrogen-bond acceptors (Lipinski definition) is 4. The number of hydrogen-bond donors (Lipinski definition) is 1. The fraction of sp³-hybridized carbons (Fsp3) is 0.316. The molecule has 0 aliphatic carbocycles. The Morgan fingerprint density at radius 1 is 1.20 bits per heavy atom.